The molecule has 8 nitrogen and oxygen atoms in total. The van der Waals surface area contributed by atoms with Crippen LogP contribution in [0.25, 0.3) is 0 Å². The summed E-state index contributed by atoms with van der Waals surface area (Å²) in [4.78, 5) is 6.63. The van der Waals surface area contributed by atoms with Crippen molar-refractivity contribution in [3.8, 4) is 0 Å². The maximum absolute atomic E-state index is 12.3. The smallest absolute Gasteiger partial charge is 0.252 e. The number of hydrogen-bond acceptors (Lipinski definition) is 6. The highest BCUT2D eigenvalue weighted by Gasteiger charge is 2.21. The van der Waals surface area contributed by atoms with Crippen molar-refractivity contribution in [1.29, 1.82) is 0 Å². The molecule has 0 amide bonds. The number of nitrogens with zero attached hydrogens (tertiary/aromatic N) is 3. The third-order valence-electron chi connectivity index (χ3n) is 3.91. The average molecular weight is 517 g/mol. The second-order valence-corrected chi connectivity index (χ2v) is 8.98. The summed E-state index contributed by atoms with van der Waals surface area (Å²) in [5.41, 5.74) is 5.82. The van der Waals surface area contributed by atoms with Gasteiger partial charge in [0, 0.05) is 46.3 Å². The standard InChI is InChI=1S/C15H27N5O3S2.HI/c1-19(25(21,22)14-4-2-13-24-14)8-6-18-15(16)17-5-3-7-20-9-11-23-12-10-20;/h2,4,13H,3,5-12H2,1H3,(H3,16,17,18);1H. The zero-order valence-electron chi connectivity index (χ0n) is 15.0. The van der Waals surface area contributed by atoms with Crippen LogP contribution >= 0.6 is 35.3 Å². The van der Waals surface area contributed by atoms with Crippen LogP contribution in [-0.4, -0.2) is 83.1 Å². The molecular weight excluding hydrogens is 489 g/mol. The number of guanidine groups is 1. The Labute approximate surface area is 176 Å². The number of halogens is 1. The van der Waals surface area contributed by atoms with Crippen LogP contribution in [0.5, 0.6) is 0 Å². The van der Waals surface area contributed by atoms with E-state index in [2.05, 4.69) is 15.2 Å². The van der Waals surface area contributed by atoms with Crippen molar-refractivity contribution in [2.45, 2.75) is 10.6 Å². The van der Waals surface area contributed by atoms with Crippen LogP contribution in [0.3, 0.4) is 0 Å². The van der Waals surface area contributed by atoms with E-state index in [1.54, 1.807) is 24.6 Å². The molecule has 11 heteroatoms. The molecule has 0 aliphatic carbocycles. The van der Waals surface area contributed by atoms with Crippen molar-refractivity contribution >= 4 is 51.3 Å². The van der Waals surface area contributed by atoms with Gasteiger partial charge < -0.3 is 15.8 Å². The molecule has 1 aromatic rings. The lowest BCUT2D eigenvalue weighted by Crippen LogP contribution is -2.39. The van der Waals surface area contributed by atoms with Gasteiger partial charge in [-0.1, -0.05) is 6.07 Å². The summed E-state index contributed by atoms with van der Waals surface area (Å²) in [6.45, 7) is 5.93. The highest BCUT2D eigenvalue weighted by molar-refractivity contribution is 14.0. The van der Waals surface area contributed by atoms with Crippen LogP contribution < -0.4 is 11.1 Å². The highest BCUT2D eigenvalue weighted by Crippen LogP contribution is 2.19. The molecule has 0 atom stereocenters. The predicted octanol–water partition coefficient (Wildman–Crippen LogP) is 0.613. The van der Waals surface area contributed by atoms with E-state index in [1.807, 2.05) is 0 Å². The lowest BCUT2D eigenvalue weighted by Gasteiger charge is -2.26. The van der Waals surface area contributed by atoms with Crippen molar-refractivity contribution in [1.82, 2.24) is 14.5 Å². The molecule has 0 saturated carbocycles. The van der Waals surface area contributed by atoms with Gasteiger partial charge in [0.1, 0.15) is 4.21 Å². The van der Waals surface area contributed by atoms with Crippen LogP contribution in [0.15, 0.2) is 26.7 Å². The summed E-state index contributed by atoms with van der Waals surface area (Å²) < 4.78 is 31.5. The Bertz CT molecular complexity index is 634. The summed E-state index contributed by atoms with van der Waals surface area (Å²) >= 11 is 1.21. The van der Waals surface area contributed by atoms with Crippen molar-refractivity contribution in [2.75, 3.05) is 59.5 Å². The van der Waals surface area contributed by atoms with Gasteiger partial charge in [0.05, 0.1) is 13.2 Å². The quantitative estimate of drug-likeness (QED) is 0.216. The first kappa shape index (κ1) is 23.6. The molecule has 1 aliphatic heterocycles. The van der Waals surface area contributed by atoms with Gasteiger partial charge in [0.2, 0.25) is 0 Å². The van der Waals surface area contributed by atoms with Crippen molar-refractivity contribution in [2.24, 2.45) is 10.7 Å². The Morgan fingerprint density at radius 3 is 2.85 bits per heavy atom. The lowest BCUT2D eigenvalue weighted by atomic mass is 10.3. The van der Waals surface area contributed by atoms with Crippen LogP contribution in [0.2, 0.25) is 0 Å². The Kier molecular flexibility index (Phi) is 11.0. The molecule has 0 spiro atoms. The third kappa shape index (κ3) is 7.64. The van der Waals surface area contributed by atoms with E-state index in [9.17, 15) is 8.42 Å². The maximum Gasteiger partial charge on any atom is 0.252 e. The lowest BCUT2D eigenvalue weighted by molar-refractivity contribution is 0.0377. The zero-order chi connectivity index (χ0) is 18.1. The molecule has 0 aromatic carbocycles. The van der Waals surface area contributed by atoms with Gasteiger partial charge in [-0.2, -0.15) is 4.31 Å². The normalized spacial score (nSPS) is 16.5. The first-order valence-corrected chi connectivity index (χ1v) is 10.7. The third-order valence-corrected chi connectivity index (χ3v) is 7.14. The predicted molar refractivity (Wildman–Crippen MR) is 116 cm³/mol. The molecule has 2 heterocycles. The van der Waals surface area contributed by atoms with Gasteiger partial charge >= 0.3 is 0 Å². The number of thiophene rings is 1. The molecular formula is C15H28IN5O3S2. The van der Waals surface area contributed by atoms with Crippen LogP contribution in [0.1, 0.15) is 6.42 Å². The number of nitrogens with two attached hydrogens (primary N) is 1. The van der Waals surface area contributed by atoms with Crippen molar-refractivity contribution < 1.29 is 13.2 Å². The summed E-state index contributed by atoms with van der Waals surface area (Å²) in [6.07, 6.45) is 0.940. The monoisotopic (exact) mass is 517 g/mol. The highest BCUT2D eigenvalue weighted by atomic mass is 127. The van der Waals surface area contributed by atoms with E-state index in [-0.39, 0.29) is 24.0 Å². The molecule has 1 aliphatic rings. The molecule has 1 fully saturated rings. The van der Waals surface area contributed by atoms with Gasteiger partial charge in [-0.3, -0.25) is 9.89 Å². The fourth-order valence-electron chi connectivity index (χ4n) is 2.40. The minimum atomic E-state index is -3.41. The topological polar surface area (TPSA) is 100 Å². The molecule has 26 heavy (non-hydrogen) atoms. The fourth-order valence-corrected chi connectivity index (χ4v) is 4.77. The minimum absolute atomic E-state index is 0. The first-order valence-electron chi connectivity index (χ1n) is 8.34. The van der Waals surface area contributed by atoms with E-state index < -0.39 is 10.0 Å². The maximum atomic E-state index is 12.3. The molecule has 2 rings (SSSR count). The van der Waals surface area contributed by atoms with E-state index in [1.165, 1.54) is 15.6 Å². The molecule has 0 unspecified atom stereocenters. The summed E-state index contributed by atoms with van der Waals surface area (Å²) in [5, 5.41) is 4.71. The average Bonchev–Trinajstić information content (AvgIpc) is 3.15. The summed E-state index contributed by atoms with van der Waals surface area (Å²) in [7, 11) is -1.85. The number of likely N-dealkylation sites (N-methyl/N-ethyl adjacent to an activating group) is 1. The van der Waals surface area contributed by atoms with Crippen LogP contribution in [-0.2, 0) is 14.8 Å². The van der Waals surface area contributed by atoms with Gasteiger partial charge in [-0.15, -0.1) is 35.3 Å². The number of nitrogens with one attached hydrogen (secondary N) is 1. The van der Waals surface area contributed by atoms with Gasteiger partial charge in [-0.25, -0.2) is 8.42 Å². The van der Waals surface area contributed by atoms with Crippen LogP contribution in [0.4, 0.5) is 0 Å². The van der Waals surface area contributed by atoms with Crippen molar-refractivity contribution in [3.05, 3.63) is 17.5 Å². The van der Waals surface area contributed by atoms with Crippen molar-refractivity contribution in [3.63, 3.8) is 0 Å². The largest absolute Gasteiger partial charge is 0.379 e. The minimum Gasteiger partial charge on any atom is -0.379 e. The number of aliphatic imine (C=N–C) groups is 1. The number of ether oxygens (including phenoxy) is 1. The number of sulfonamides is 1. The molecule has 1 saturated heterocycles. The van der Waals surface area contributed by atoms with E-state index in [4.69, 9.17) is 10.5 Å². The Morgan fingerprint density at radius 1 is 1.46 bits per heavy atom. The van der Waals surface area contributed by atoms with E-state index in [0.29, 0.717) is 29.8 Å². The SMILES string of the molecule is CN(CCNC(N)=NCCCN1CCOCC1)S(=O)(=O)c1cccs1.I. The molecule has 0 radical (unpaired) electrons. The Balaban J connectivity index is 0.00000338. The van der Waals surface area contributed by atoms with Gasteiger partial charge in [-0.05, 0) is 17.9 Å². The van der Waals surface area contributed by atoms with Gasteiger partial charge in [0.15, 0.2) is 5.96 Å². The fraction of sp³-hybridized carbons (Fsp3) is 0.667. The van der Waals surface area contributed by atoms with E-state index >= 15 is 0 Å². The van der Waals surface area contributed by atoms with Gasteiger partial charge in [0.25, 0.3) is 10.0 Å². The number of hydrogen-bond donors (Lipinski definition) is 2. The molecule has 150 valence electrons. The number of rotatable bonds is 9. The second kappa shape index (κ2) is 12.1. The summed E-state index contributed by atoms with van der Waals surface area (Å²) in [5.74, 6) is 0.351. The molecule has 3 N–H and O–H groups in total. The van der Waals surface area contributed by atoms with E-state index in [0.717, 1.165) is 39.3 Å². The Hall–Kier alpha value is -0.470. The molecule has 1 aromatic heterocycles. The Morgan fingerprint density at radius 2 is 2.19 bits per heavy atom. The summed E-state index contributed by atoms with van der Waals surface area (Å²) in [6, 6.07) is 3.33. The zero-order valence-corrected chi connectivity index (χ0v) is 18.9. The first-order chi connectivity index (χ1) is 12.0. The molecule has 0 bridgehead atoms. The van der Waals surface area contributed by atoms with Crippen LogP contribution in [0, 0.1) is 0 Å². The second-order valence-electron chi connectivity index (χ2n) is 5.76. The number of morpholine rings is 1.